The zero-order chi connectivity index (χ0) is 16.1. The Kier molecular flexibility index (Phi) is 5.07. The molecule has 0 fully saturated rings. The van der Waals surface area contributed by atoms with Gasteiger partial charge >= 0.3 is 144 Å². The Morgan fingerprint density at radius 1 is 0.652 bits per heavy atom. The predicted octanol–water partition coefficient (Wildman–Crippen LogP) is 2.88. The molecule has 0 aliphatic heterocycles. The van der Waals surface area contributed by atoms with Crippen LogP contribution in [-0.2, 0) is 0 Å². The van der Waals surface area contributed by atoms with E-state index in [1.807, 2.05) is 42.5 Å². The molecule has 23 heavy (non-hydrogen) atoms. The number of hydrogen-bond donors (Lipinski definition) is 0. The Labute approximate surface area is 144 Å². The fourth-order valence-corrected chi connectivity index (χ4v) is 7.57. The Balaban J connectivity index is 2.23. The van der Waals surface area contributed by atoms with Gasteiger partial charge in [-0.3, -0.25) is 0 Å². The summed E-state index contributed by atoms with van der Waals surface area (Å²) < 4.78 is 16.9. The molecule has 2 aromatic heterocycles. The van der Waals surface area contributed by atoms with Crippen molar-refractivity contribution in [3.05, 3.63) is 82.7 Å². The summed E-state index contributed by atoms with van der Waals surface area (Å²) in [4.78, 5) is 0. The Morgan fingerprint density at radius 2 is 1.13 bits per heavy atom. The first-order valence-electron chi connectivity index (χ1n) is 7.20. The van der Waals surface area contributed by atoms with Crippen molar-refractivity contribution < 1.29 is 15.0 Å². The molecule has 0 radical (unpaired) electrons. The number of hydrogen-bond acceptors (Lipinski definition) is 2. The summed E-state index contributed by atoms with van der Waals surface area (Å²) in [6.45, 7) is 0. The molecule has 3 rings (SSSR count). The number of aromatic nitrogens is 2. The van der Waals surface area contributed by atoms with E-state index in [1.165, 1.54) is 3.57 Å². The maximum atomic E-state index is 5.59. The molecule has 0 amide bonds. The van der Waals surface area contributed by atoms with Crippen molar-refractivity contribution in [1.29, 1.82) is 0 Å². The van der Waals surface area contributed by atoms with Crippen LogP contribution in [0, 0.1) is 3.57 Å². The quantitative estimate of drug-likeness (QED) is 0.592. The van der Waals surface area contributed by atoms with Crippen LogP contribution in [0.25, 0.3) is 0 Å². The van der Waals surface area contributed by atoms with Crippen molar-refractivity contribution in [2.45, 2.75) is 0 Å². The van der Waals surface area contributed by atoms with Gasteiger partial charge in [-0.05, 0) is 0 Å². The zero-order valence-corrected chi connectivity index (χ0v) is 15.3. The molecule has 0 saturated carbocycles. The number of methoxy groups -OCH3 is 2. The van der Waals surface area contributed by atoms with E-state index in [9.17, 15) is 0 Å². The molecule has 4 nitrogen and oxygen atoms in total. The first-order chi connectivity index (χ1) is 11.3. The van der Waals surface area contributed by atoms with E-state index < -0.39 is 20.4 Å². The summed E-state index contributed by atoms with van der Waals surface area (Å²) in [5.41, 5.74) is 0. The zero-order valence-electron chi connectivity index (χ0n) is 13.1. The van der Waals surface area contributed by atoms with Gasteiger partial charge in [-0.15, -0.1) is 0 Å². The van der Waals surface area contributed by atoms with Crippen LogP contribution in [0.15, 0.2) is 79.1 Å². The monoisotopic (exact) mass is 422 g/mol. The van der Waals surface area contributed by atoms with Crippen molar-refractivity contribution in [1.82, 2.24) is 0 Å². The van der Waals surface area contributed by atoms with Crippen LogP contribution < -0.4 is 15.0 Å². The van der Waals surface area contributed by atoms with Crippen LogP contribution in [0.3, 0.4) is 0 Å². The average Bonchev–Trinajstić information content (AvgIpc) is 2.64. The van der Waals surface area contributed by atoms with Crippen LogP contribution in [0.1, 0.15) is 0 Å². The second-order valence-electron chi connectivity index (χ2n) is 4.65. The molecule has 5 heteroatoms. The minimum absolute atomic E-state index is 0.847. The molecule has 0 N–H and O–H groups in total. The van der Waals surface area contributed by atoms with Crippen LogP contribution >= 0.6 is 20.4 Å². The molecule has 0 unspecified atom stereocenters. The number of halogens is 1. The normalized spacial score (nSPS) is 11.0. The summed E-state index contributed by atoms with van der Waals surface area (Å²) in [7, 11) is 3.41. The van der Waals surface area contributed by atoms with E-state index in [0.29, 0.717) is 0 Å². The number of benzene rings is 1. The van der Waals surface area contributed by atoms with E-state index in [4.69, 9.17) is 9.47 Å². The molecule has 0 atom stereocenters. The van der Waals surface area contributed by atoms with Gasteiger partial charge in [0, 0.05) is 0 Å². The topological polar surface area (TPSA) is 26.2 Å². The van der Waals surface area contributed by atoms with E-state index >= 15 is 0 Å². The van der Waals surface area contributed by atoms with Crippen LogP contribution in [0.5, 0.6) is 11.8 Å². The number of pyridine rings is 2. The predicted molar refractivity (Wildman–Crippen MR) is 96.3 cm³/mol. The molecular weight excluding hydrogens is 403 g/mol. The van der Waals surface area contributed by atoms with E-state index in [1.54, 1.807) is 14.2 Å². The minimum atomic E-state index is -2.06. The fourth-order valence-electron chi connectivity index (χ4n) is 2.22. The third kappa shape index (κ3) is 3.29. The number of nitrogens with zero attached hydrogens (tertiary/aromatic N) is 2. The average molecular weight is 422 g/mol. The van der Waals surface area contributed by atoms with Gasteiger partial charge in [0.05, 0.1) is 0 Å². The molecule has 0 aliphatic rings. The Bertz CT molecular complexity index is 733. The fraction of sp³-hybridized carbons (Fsp3) is 0.111. The van der Waals surface area contributed by atoms with Gasteiger partial charge in [-0.1, -0.05) is 0 Å². The first-order valence-corrected chi connectivity index (χ1v) is 10.2. The van der Waals surface area contributed by atoms with Crippen LogP contribution in [0.4, 0.5) is 0 Å². The SMILES string of the molecule is COc1cccc[n+]1I(c1ccccc1)[n+]1ccccc1OC. The molecule has 0 spiro atoms. The van der Waals surface area contributed by atoms with E-state index in [-0.39, 0.29) is 0 Å². The third-order valence-corrected chi connectivity index (χ3v) is 8.64. The number of ether oxygens (including phenoxy) is 2. The third-order valence-electron chi connectivity index (χ3n) is 3.25. The summed E-state index contributed by atoms with van der Waals surface area (Å²) in [6, 6.07) is 22.6. The molecule has 0 bridgehead atoms. The van der Waals surface area contributed by atoms with E-state index in [2.05, 4.69) is 42.2 Å². The molecule has 118 valence electrons. The van der Waals surface area contributed by atoms with Gasteiger partial charge in [0.2, 0.25) is 0 Å². The maximum absolute atomic E-state index is 5.59. The van der Waals surface area contributed by atoms with Crippen LogP contribution in [-0.4, -0.2) is 14.2 Å². The second-order valence-corrected chi connectivity index (χ2v) is 9.37. The summed E-state index contributed by atoms with van der Waals surface area (Å²) in [5.74, 6) is 1.69. The molecule has 2 heterocycles. The van der Waals surface area contributed by atoms with Crippen molar-refractivity contribution in [3.8, 4) is 11.8 Å². The second kappa shape index (κ2) is 7.41. The van der Waals surface area contributed by atoms with Crippen molar-refractivity contribution >= 4 is 20.4 Å². The van der Waals surface area contributed by atoms with Gasteiger partial charge in [0.15, 0.2) is 0 Å². The Morgan fingerprint density at radius 3 is 1.61 bits per heavy atom. The summed E-state index contributed by atoms with van der Waals surface area (Å²) in [6.07, 6.45) is 4.16. The van der Waals surface area contributed by atoms with Crippen molar-refractivity contribution in [3.63, 3.8) is 0 Å². The molecule has 1 aromatic carbocycles. The van der Waals surface area contributed by atoms with Gasteiger partial charge < -0.3 is 0 Å². The van der Waals surface area contributed by atoms with E-state index in [0.717, 1.165) is 11.8 Å². The van der Waals surface area contributed by atoms with Gasteiger partial charge in [-0.2, -0.15) is 0 Å². The Hall–Kier alpha value is -2.15. The molecular formula is C18H19IN2O2+2. The van der Waals surface area contributed by atoms with Gasteiger partial charge in [-0.25, -0.2) is 0 Å². The molecule has 0 aliphatic carbocycles. The van der Waals surface area contributed by atoms with Crippen molar-refractivity contribution in [2.24, 2.45) is 0 Å². The van der Waals surface area contributed by atoms with Crippen molar-refractivity contribution in [2.75, 3.05) is 14.2 Å². The first kappa shape index (κ1) is 15.7. The summed E-state index contributed by atoms with van der Waals surface area (Å²) >= 11 is -2.06. The summed E-state index contributed by atoms with van der Waals surface area (Å²) in [5, 5.41) is 0. The van der Waals surface area contributed by atoms with Crippen LogP contribution in [0.2, 0.25) is 0 Å². The van der Waals surface area contributed by atoms with Gasteiger partial charge in [0.25, 0.3) is 0 Å². The molecule has 0 saturated heterocycles. The van der Waals surface area contributed by atoms with Gasteiger partial charge in [0.1, 0.15) is 0 Å². The molecule has 3 aromatic rings. The standard InChI is InChI=1S/C18H19IN2O2/c1-22-17-12-6-8-14-20(17)19(16-10-4-3-5-11-16)21-15-9-7-13-18(21)23-2/h3-15H,1-2H3/q+2. The number of rotatable bonds is 5.